The van der Waals surface area contributed by atoms with Gasteiger partial charge in [-0.05, 0) is 67.7 Å². The first-order chi connectivity index (χ1) is 17.3. The lowest BCUT2D eigenvalue weighted by Gasteiger charge is -2.32. The van der Waals surface area contributed by atoms with E-state index in [0.717, 1.165) is 37.1 Å². The van der Waals surface area contributed by atoms with Crippen LogP contribution in [-0.4, -0.2) is 58.2 Å². The molecule has 192 valence electrons. The Kier molecular flexibility index (Phi) is 8.64. The van der Waals surface area contributed by atoms with Crippen LogP contribution < -0.4 is 16.2 Å². The van der Waals surface area contributed by atoms with Gasteiger partial charge in [-0.2, -0.15) is 0 Å². The Morgan fingerprint density at radius 1 is 1.19 bits per heavy atom. The average Bonchev–Trinajstić information content (AvgIpc) is 2.87. The van der Waals surface area contributed by atoms with Crippen molar-refractivity contribution >= 4 is 28.4 Å². The number of aliphatic hydroxyl groups is 1. The highest BCUT2D eigenvalue weighted by atomic mass is 35.5. The van der Waals surface area contributed by atoms with Crippen LogP contribution in [0.25, 0.3) is 10.9 Å². The van der Waals surface area contributed by atoms with Gasteiger partial charge in [0.05, 0.1) is 11.6 Å². The van der Waals surface area contributed by atoms with Gasteiger partial charge in [-0.25, -0.2) is 0 Å². The number of phenolic OH excluding ortho intramolecular Hbond substituents is 1. The molecule has 3 aromatic rings. The SMILES string of the molecule is Cc1cccc(Cl)c1CNC(=O)CCN1CCC(NC[C@H](O)c2ccc(O)c3[nH]c(=O)ccc23)CC1. The molecule has 5 N–H and O–H groups in total. The molecule has 2 aromatic carbocycles. The number of nitrogens with zero attached hydrogens (tertiary/aromatic N) is 1. The van der Waals surface area contributed by atoms with Gasteiger partial charge < -0.3 is 30.7 Å². The number of aryl methyl sites for hydroxylation is 1. The Bertz CT molecular complexity index is 1250. The molecule has 9 heteroatoms. The van der Waals surface area contributed by atoms with Gasteiger partial charge in [-0.1, -0.05) is 29.8 Å². The maximum atomic E-state index is 12.3. The van der Waals surface area contributed by atoms with Gasteiger partial charge in [0.25, 0.3) is 0 Å². The van der Waals surface area contributed by atoms with Gasteiger partial charge in [0.15, 0.2) is 0 Å². The molecule has 1 aliphatic rings. The summed E-state index contributed by atoms with van der Waals surface area (Å²) in [5, 5.41) is 28.5. The largest absolute Gasteiger partial charge is 0.506 e. The molecule has 0 aliphatic carbocycles. The number of benzene rings is 2. The van der Waals surface area contributed by atoms with Crippen molar-refractivity contribution in [2.24, 2.45) is 0 Å². The third-order valence-electron chi connectivity index (χ3n) is 6.92. The molecule has 2 heterocycles. The van der Waals surface area contributed by atoms with Crippen molar-refractivity contribution in [1.29, 1.82) is 0 Å². The number of aliphatic hydroxyl groups excluding tert-OH is 1. The van der Waals surface area contributed by atoms with E-state index < -0.39 is 6.10 Å². The highest BCUT2D eigenvalue weighted by Crippen LogP contribution is 2.28. The molecule has 0 saturated carbocycles. The number of nitrogens with one attached hydrogen (secondary N) is 3. The highest BCUT2D eigenvalue weighted by Gasteiger charge is 2.21. The first kappa shape index (κ1) is 26.2. The molecule has 8 nitrogen and oxygen atoms in total. The fourth-order valence-electron chi connectivity index (χ4n) is 4.72. The number of aromatic hydroxyl groups is 1. The van der Waals surface area contributed by atoms with E-state index in [9.17, 15) is 19.8 Å². The minimum Gasteiger partial charge on any atom is -0.506 e. The minimum absolute atomic E-state index is 0.0140. The van der Waals surface area contributed by atoms with Gasteiger partial charge >= 0.3 is 0 Å². The number of fused-ring (bicyclic) bond motifs is 1. The summed E-state index contributed by atoms with van der Waals surface area (Å²) in [7, 11) is 0. The van der Waals surface area contributed by atoms with Crippen LogP contribution in [0, 0.1) is 6.92 Å². The van der Waals surface area contributed by atoms with E-state index in [0.29, 0.717) is 47.5 Å². The molecule has 0 bridgehead atoms. The predicted molar refractivity (Wildman–Crippen MR) is 141 cm³/mol. The maximum Gasteiger partial charge on any atom is 0.248 e. The second-order valence-electron chi connectivity index (χ2n) is 9.39. The molecule has 0 spiro atoms. The van der Waals surface area contributed by atoms with Crippen molar-refractivity contribution in [3.8, 4) is 5.75 Å². The third kappa shape index (κ3) is 6.44. The number of likely N-dealkylation sites (tertiary alicyclic amines) is 1. The molecule has 1 aromatic heterocycles. The molecule has 36 heavy (non-hydrogen) atoms. The van der Waals surface area contributed by atoms with Crippen molar-refractivity contribution in [2.75, 3.05) is 26.2 Å². The molecular formula is C27H33ClN4O4. The summed E-state index contributed by atoms with van der Waals surface area (Å²) < 4.78 is 0. The van der Waals surface area contributed by atoms with E-state index in [1.54, 1.807) is 12.1 Å². The maximum absolute atomic E-state index is 12.3. The van der Waals surface area contributed by atoms with Crippen LogP contribution in [0.3, 0.4) is 0 Å². The van der Waals surface area contributed by atoms with Crippen molar-refractivity contribution in [3.05, 3.63) is 74.5 Å². The number of hydrogen-bond acceptors (Lipinski definition) is 6. The molecule has 1 amide bonds. The van der Waals surface area contributed by atoms with Gasteiger partial charge in [0.2, 0.25) is 11.5 Å². The lowest BCUT2D eigenvalue weighted by atomic mass is 10.0. The number of phenols is 1. The molecule has 0 unspecified atom stereocenters. The minimum atomic E-state index is -0.775. The zero-order valence-corrected chi connectivity index (χ0v) is 21.1. The van der Waals surface area contributed by atoms with Crippen LogP contribution in [0.4, 0.5) is 0 Å². The lowest BCUT2D eigenvalue weighted by molar-refractivity contribution is -0.121. The Morgan fingerprint density at radius 3 is 2.72 bits per heavy atom. The number of aromatic nitrogens is 1. The van der Waals surface area contributed by atoms with Gasteiger partial charge in [-0.15, -0.1) is 0 Å². The molecule has 1 atom stereocenters. The van der Waals surface area contributed by atoms with Crippen LogP contribution in [0.5, 0.6) is 5.75 Å². The summed E-state index contributed by atoms with van der Waals surface area (Å²) in [5.41, 5.74) is 2.70. The van der Waals surface area contributed by atoms with Crippen LogP contribution in [-0.2, 0) is 11.3 Å². The fourth-order valence-corrected chi connectivity index (χ4v) is 5.01. The summed E-state index contributed by atoms with van der Waals surface area (Å²) in [4.78, 5) is 28.9. The number of carbonyl (C=O) groups excluding carboxylic acids is 1. The van der Waals surface area contributed by atoms with Crippen molar-refractivity contribution in [1.82, 2.24) is 20.5 Å². The molecule has 4 rings (SSSR count). The van der Waals surface area contributed by atoms with Crippen LogP contribution in [0.15, 0.2) is 47.3 Å². The number of piperidine rings is 1. The third-order valence-corrected chi connectivity index (χ3v) is 7.28. The highest BCUT2D eigenvalue weighted by molar-refractivity contribution is 6.31. The average molecular weight is 513 g/mol. The number of amides is 1. The quantitative estimate of drug-likeness (QED) is 0.301. The monoisotopic (exact) mass is 512 g/mol. The zero-order valence-electron chi connectivity index (χ0n) is 20.4. The number of halogens is 1. The number of carbonyl (C=O) groups is 1. The Balaban J connectivity index is 1.19. The van der Waals surface area contributed by atoms with E-state index in [1.807, 2.05) is 25.1 Å². The lowest BCUT2D eigenvalue weighted by Crippen LogP contribution is -2.44. The predicted octanol–water partition coefficient (Wildman–Crippen LogP) is 2.99. The topological polar surface area (TPSA) is 118 Å². The van der Waals surface area contributed by atoms with Gasteiger partial charge in [0.1, 0.15) is 5.75 Å². The summed E-state index contributed by atoms with van der Waals surface area (Å²) in [5.74, 6) is -0.00759. The number of pyridine rings is 1. The molecule has 0 radical (unpaired) electrons. The number of hydrogen-bond donors (Lipinski definition) is 5. The Labute approximate surface area is 215 Å². The number of H-pyrrole nitrogens is 1. The standard InChI is InChI=1S/C27H33ClN4O4/c1-17-3-2-4-22(28)21(17)15-30-25(35)11-14-32-12-9-18(10-13-32)29-16-24(34)19-5-7-23(33)27-20(19)6-8-26(36)31-27/h2-8,18,24,29,33-34H,9-16H2,1H3,(H,30,35)(H,31,36)/t24-/m0/s1. The van der Waals surface area contributed by atoms with Crippen LogP contribution >= 0.6 is 11.6 Å². The number of aromatic amines is 1. The normalized spacial score (nSPS) is 15.8. The van der Waals surface area contributed by atoms with E-state index in [1.165, 1.54) is 12.1 Å². The molecule has 1 aliphatic heterocycles. The summed E-state index contributed by atoms with van der Waals surface area (Å²) in [6, 6.07) is 12.2. The summed E-state index contributed by atoms with van der Waals surface area (Å²) >= 11 is 6.24. The van der Waals surface area contributed by atoms with Crippen molar-refractivity contribution < 1.29 is 15.0 Å². The van der Waals surface area contributed by atoms with Gasteiger partial charge in [-0.3, -0.25) is 9.59 Å². The Hall–Kier alpha value is -2.91. The summed E-state index contributed by atoms with van der Waals surface area (Å²) in [6.45, 7) is 5.26. The smallest absolute Gasteiger partial charge is 0.248 e. The molecule has 1 saturated heterocycles. The second kappa shape index (κ2) is 11.9. The van der Waals surface area contributed by atoms with E-state index in [-0.39, 0.29) is 23.3 Å². The first-order valence-corrected chi connectivity index (χ1v) is 12.7. The molecule has 1 fully saturated rings. The first-order valence-electron chi connectivity index (χ1n) is 12.3. The van der Waals surface area contributed by atoms with E-state index in [4.69, 9.17) is 11.6 Å². The summed E-state index contributed by atoms with van der Waals surface area (Å²) in [6.07, 6.45) is 1.52. The van der Waals surface area contributed by atoms with Gasteiger partial charge in [0, 0.05) is 48.6 Å². The zero-order chi connectivity index (χ0) is 25.7. The van der Waals surface area contributed by atoms with E-state index in [2.05, 4.69) is 20.5 Å². The van der Waals surface area contributed by atoms with Crippen LogP contribution in [0.2, 0.25) is 5.02 Å². The fraction of sp³-hybridized carbons (Fsp3) is 0.407. The number of rotatable bonds is 9. The second-order valence-corrected chi connectivity index (χ2v) is 9.79. The van der Waals surface area contributed by atoms with E-state index >= 15 is 0 Å². The van der Waals surface area contributed by atoms with Crippen LogP contribution in [0.1, 0.15) is 42.1 Å². The Morgan fingerprint density at radius 2 is 1.97 bits per heavy atom. The molecular weight excluding hydrogens is 480 g/mol. The van der Waals surface area contributed by atoms with Crippen molar-refractivity contribution in [3.63, 3.8) is 0 Å². The van der Waals surface area contributed by atoms with Crippen molar-refractivity contribution in [2.45, 2.75) is 44.9 Å².